The van der Waals surface area contributed by atoms with Gasteiger partial charge in [-0.1, -0.05) is 0 Å². The number of methoxy groups -OCH3 is 1. The molecule has 0 spiro atoms. The van der Waals surface area contributed by atoms with Crippen molar-refractivity contribution in [2.24, 2.45) is 0 Å². The zero-order chi connectivity index (χ0) is 12.8. The number of nitrogens with zero attached hydrogens (tertiary/aromatic N) is 3. The zero-order valence-electron chi connectivity index (χ0n) is 11.5. The molecule has 0 bridgehead atoms. The van der Waals surface area contributed by atoms with E-state index in [0.29, 0.717) is 12.6 Å². The summed E-state index contributed by atoms with van der Waals surface area (Å²) in [5.41, 5.74) is 1.03. The third kappa shape index (κ3) is 4.36. The Hall–Kier alpha value is -1.07. The number of hydrogen-bond acceptors (Lipinski definition) is 4. The Morgan fingerprint density at radius 3 is 2.82 bits per heavy atom. The van der Waals surface area contributed by atoms with Crippen molar-refractivity contribution >= 4 is 5.95 Å². The van der Waals surface area contributed by atoms with E-state index < -0.39 is 0 Å². The van der Waals surface area contributed by atoms with Crippen molar-refractivity contribution in [1.29, 1.82) is 0 Å². The van der Waals surface area contributed by atoms with Crippen LogP contribution < -0.4 is 5.32 Å². The van der Waals surface area contributed by atoms with E-state index >= 15 is 0 Å². The van der Waals surface area contributed by atoms with E-state index in [-0.39, 0.29) is 0 Å². The predicted molar refractivity (Wildman–Crippen MR) is 70.6 cm³/mol. The molecule has 0 saturated heterocycles. The number of aryl methyl sites for hydroxylation is 1. The number of hydrogen-bond donors (Lipinski definition) is 1. The summed E-state index contributed by atoms with van der Waals surface area (Å²) < 4.78 is 7.31. The average molecular weight is 240 g/mol. The van der Waals surface area contributed by atoms with E-state index in [2.05, 4.69) is 47.0 Å². The van der Waals surface area contributed by atoms with Gasteiger partial charge in [-0.25, -0.2) is 4.98 Å². The van der Waals surface area contributed by atoms with Gasteiger partial charge >= 0.3 is 0 Å². The third-order valence-electron chi connectivity index (χ3n) is 2.58. The van der Waals surface area contributed by atoms with E-state index in [1.165, 1.54) is 0 Å². The molecule has 0 amide bonds. The summed E-state index contributed by atoms with van der Waals surface area (Å²) in [6, 6.07) is 0.294. The van der Waals surface area contributed by atoms with Crippen molar-refractivity contribution in [3.63, 3.8) is 0 Å². The summed E-state index contributed by atoms with van der Waals surface area (Å²) in [6.07, 6.45) is 2.06. The van der Waals surface area contributed by atoms with Crippen LogP contribution in [0.2, 0.25) is 0 Å². The lowest BCUT2D eigenvalue weighted by molar-refractivity contribution is 0.163. The molecule has 0 aromatic carbocycles. The topological polar surface area (TPSA) is 42.3 Å². The fraction of sp³-hybridized carbons (Fsp3) is 0.750. The Labute approximate surface area is 104 Å². The minimum atomic E-state index is 0.294. The fourth-order valence-corrected chi connectivity index (χ4v) is 1.70. The molecule has 17 heavy (non-hydrogen) atoms. The van der Waals surface area contributed by atoms with Crippen molar-refractivity contribution < 1.29 is 4.74 Å². The standard InChI is InChI=1S/C12H24N4O/c1-10-8-16(11(2)9-17-5)12(14-10)13-6-7-15(3)4/h8,11H,6-7,9H2,1-5H3,(H,13,14). The van der Waals surface area contributed by atoms with Gasteiger partial charge in [0.05, 0.1) is 18.3 Å². The summed E-state index contributed by atoms with van der Waals surface area (Å²) in [5, 5.41) is 3.36. The molecule has 0 aliphatic rings. The number of ether oxygens (including phenoxy) is 1. The van der Waals surface area contributed by atoms with Crippen molar-refractivity contribution in [3.8, 4) is 0 Å². The van der Waals surface area contributed by atoms with Crippen LogP contribution in [-0.2, 0) is 4.74 Å². The lowest BCUT2D eigenvalue weighted by Crippen LogP contribution is -2.23. The molecule has 5 heteroatoms. The first-order valence-corrected chi connectivity index (χ1v) is 5.97. The maximum atomic E-state index is 5.18. The minimum absolute atomic E-state index is 0.294. The van der Waals surface area contributed by atoms with E-state index in [4.69, 9.17) is 4.74 Å². The summed E-state index contributed by atoms with van der Waals surface area (Å²) in [5.74, 6) is 0.925. The molecule has 5 nitrogen and oxygen atoms in total. The molecular weight excluding hydrogens is 216 g/mol. The van der Waals surface area contributed by atoms with Crippen LogP contribution in [0, 0.1) is 6.92 Å². The van der Waals surface area contributed by atoms with Gasteiger partial charge in [0, 0.05) is 26.4 Å². The van der Waals surface area contributed by atoms with Gasteiger partial charge in [0.15, 0.2) is 0 Å². The highest BCUT2D eigenvalue weighted by Gasteiger charge is 2.11. The van der Waals surface area contributed by atoms with Crippen LogP contribution in [0.15, 0.2) is 6.20 Å². The first-order valence-electron chi connectivity index (χ1n) is 5.97. The molecule has 98 valence electrons. The van der Waals surface area contributed by atoms with Crippen molar-refractivity contribution in [3.05, 3.63) is 11.9 Å². The fourth-order valence-electron chi connectivity index (χ4n) is 1.70. The monoisotopic (exact) mass is 240 g/mol. The molecule has 1 atom stereocenters. The van der Waals surface area contributed by atoms with Gasteiger partial charge in [-0.05, 0) is 27.9 Å². The number of imidazole rings is 1. The second-order valence-corrected chi connectivity index (χ2v) is 4.65. The molecule has 0 aliphatic heterocycles. The molecule has 1 aromatic rings. The van der Waals surface area contributed by atoms with Gasteiger partial charge in [0.1, 0.15) is 0 Å². The van der Waals surface area contributed by atoms with Gasteiger partial charge in [-0.15, -0.1) is 0 Å². The van der Waals surface area contributed by atoms with E-state index in [9.17, 15) is 0 Å². The third-order valence-corrected chi connectivity index (χ3v) is 2.58. The van der Waals surface area contributed by atoms with Crippen LogP contribution in [0.4, 0.5) is 5.95 Å². The SMILES string of the molecule is COCC(C)n1cc(C)nc1NCCN(C)C. The lowest BCUT2D eigenvalue weighted by Gasteiger charge is -2.17. The van der Waals surface area contributed by atoms with Crippen LogP contribution >= 0.6 is 0 Å². The summed E-state index contributed by atoms with van der Waals surface area (Å²) >= 11 is 0. The minimum Gasteiger partial charge on any atom is -0.383 e. The second kappa shape index (κ2) is 6.61. The summed E-state index contributed by atoms with van der Waals surface area (Å²) in [6.45, 7) is 6.71. The predicted octanol–water partition coefficient (Wildman–Crippen LogP) is 1.37. The normalized spacial score (nSPS) is 13.1. The van der Waals surface area contributed by atoms with Crippen molar-refractivity contribution in [1.82, 2.24) is 14.5 Å². The number of aromatic nitrogens is 2. The Bertz CT molecular complexity index is 335. The van der Waals surface area contributed by atoms with Crippen molar-refractivity contribution in [2.75, 3.05) is 46.2 Å². The van der Waals surface area contributed by atoms with Gasteiger partial charge < -0.3 is 19.5 Å². The highest BCUT2D eigenvalue weighted by atomic mass is 16.5. The molecular formula is C12H24N4O. The van der Waals surface area contributed by atoms with Crippen LogP contribution in [0.1, 0.15) is 18.7 Å². The molecule has 0 fully saturated rings. The first kappa shape index (κ1) is 14.0. The van der Waals surface area contributed by atoms with E-state index in [1.54, 1.807) is 7.11 Å². The molecule has 0 radical (unpaired) electrons. The smallest absolute Gasteiger partial charge is 0.203 e. The highest BCUT2D eigenvalue weighted by molar-refractivity contribution is 5.29. The van der Waals surface area contributed by atoms with Gasteiger partial charge in [-0.2, -0.15) is 0 Å². The lowest BCUT2D eigenvalue weighted by atomic mass is 10.3. The van der Waals surface area contributed by atoms with Gasteiger partial charge in [-0.3, -0.25) is 0 Å². The maximum absolute atomic E-state index is 5.18. The van der Waals surface area contributed by atoms with Crippen LogP contribution in [0.25, 0.3) is 0 Å². The number of nitrogens with one attached hydrogen (secondary N) is 1. The number of anilines is 1. The first-order chi connectivity index (χ1) is 8.04. The Balaban J connectivity index is 2.63. The highest BCUT2D eigenvalue weighted by Crippen LogP contribution is 2.15. The van der Waals surface area contributed by atoms with Crippen LogP contribution in [0.3, 0.4) is 0 Å². The molecule has 0 saturated carbocycles. The molecule has 1 N–H and O–H groups in total. The number of rotatable bonds is 7. The second-order valence-electron chi connectivity index (χ2n) is 4.65. The molecule has 1 heterocycles. The molecule has 0 aliphatic carbocycles. The van der Waals surface area contributed by atoms with Crippen LogP contribution in [-0.4, -0.2) is 55.4 Å². The van der Waals surface area contributed by atoms with E-state index in [0.717, 1.165) is 24.7 Å². The summed E-state index contributed by atoms with van der Waals surface area (Å²) in [4.78, 5) is 6.63. The van der Waals surface area contributed by atoms with Gasteiger partial charge in [0.25, 0.3) is 0 Å². The van der Waals surface area contributed by atoms with Gasteiger partial charge in [0.2, 0.25) is 5.95 Å². The number of likely N-dealkylation sites (N-methyl/N-ethyl adjacent to an activating group) is 1. The molecule has 1 rings (SSSR count). The Kier molecular flexibility index (Phi) is 5.44. The zero-order valence-corrected chi connectivity index (χ0v) is 11.5. The molecule has 1 aromatic heterocycles. The summed E-state index contributed by atoms with van der Waals surface area (Å²) in [7, 11) is 5.85. The average Bonchev–Trinajstić information content (AvgIpc) is 2.59. The van der Waals surface area contributed by atoms with Crippen LogP contribution in [0.5, 0.6) is 0 Å². The Morgan fingerprint density at radius 1 is 1.53 bits per heavy atom. The largest absolute Gasteiger partial charge is 0.383 e. The molecule has 1 unspecified atom stereocenters. The van der Waals surface area contributed by atoms with E-state index in [1.807, 2.05) is 6.92 Å². The maximum Gasteiger partial charge on any atom is 0.203 e. The Morgan fingerprint density at radius 2 is 2.24 bits per heavy atom. The van der Waals surface area contributed by atoms with Crippen molar-refractivity contribution in [2.45, 2.75) is 19.9 Å². The quantitative estimate of drug-likeness (QED) is 0.781.